The van der Waals surface area contributed by atoms with Gasteiger partial charge in [0.2, 0.25) is 11.8 Å². The second kappa shape index (κ2) is 6.70. The first-order chi connectivity index (χ1) is 8.58. The van der Waals surface area contributed by atoms with Crippen LogP contribution in [0.5, 0.6) is 0 Å². The molecule has 8 nitrogen and oxygen atoms in total. The molecule has 1 heterocycles. The predicted molar refractivity (Wildman–Crippen MR) is 67.6 cm³/mol. The molecule has 0 aliphatic heterocycles. The predicted octanol–water partition coefficient (Wildman–Crippen LogP) is 0.999. The molecule has 100 valence electrons. The fourth-order valence-electron chi connectivity index (χ4n) is 1.24. The van der Waals surface area contributed by atoms with Gasteiger partial charge in [0.1, 0.15) is 6.20 Å². The molecule has 18 heavy (non-hydrogen) atoms. The van der Waals surface area contributed by atoms with Gasteiger partial charge in [-0.25, -0.2) is 4.98 Å². The standard InChI is InChI=1S/C10H17N5O3/c1-3-7(16)5-12-9-8(15(17)18)6-13-10(14-9)11-4-2/h6-7,16H,3-5H2,1-2H3,(H2,11,12,13,14). The molecule has 0 amide bonds. The number of nitrogens with one attached hydrogen (secondary N) is 2. The Balaban J connectivity index is 2.89. The van der Waals surface area contributed by atoms with Crippen molar-refractivity contribution in [3.63, 3.8) is 0 Å². The second-order valence-corrected chi connectivity index (χ2v) is 3.66. The number of aromatic nitrogens is 2. The molecule has 0 fully saturated rings. The molecular formula is C10H17N5O3. The smallest absolute Gasteiger partial charge is 0.329 e. The molecule has 1 aromatic heterocycles. The first-order valence-corrected chi connectivity index (χ1v) is 5.75. The Labute approximate surface area is 105 Å². The molecule has 0 bridgehead atoms. The Hall–Kier alpha value is -1.96. The van der Waals surface area contributed by atoms with Crippen LogP contribution in [0.1, 0.15) is 20.3 Å². The maximum absolute atomic E-state index is 10.8. The summed E-state index contributed by atoms with van der Waals surface area (Å²) in [6.07, 6.45) is 1.14. The topological polar surface area (TPSA) is 113 Å². The lowest BCUT2D eigenvalue weighted by atomic mass is 10.3. The molecule has 1 unspecified atom stereocenters. The van der Waals surface area contributed by atoms with Crippen molar-refractivity contribution in [1.29, 1.82) is 0 Å². The Morgan fingerprint density at radius 1 is 1.50 bits per heavy atom. The Morgan fingerprint density at radius 2 is 2.22 bits per heavy atom. The van der Waals surface area contributed by atoms with Crippen LogP contribution in [0.2, 0.25) is 0 Å². The molecular weight excluding hydrogens is 238 g/mol. The molecule has 0 saturated heterocycles. The third kappa shape index (κ3) is 3.81. The van der Waals surface area contributed by atoms with Crippen LogP contribution in [0.3, 0.4) is 0 Å². The van der Waals surface area contributed by atoms with Gasteiger partial charge in [-0.05, 0) is 13.3 Å². The fraction of sp³-hybridized carbons (Fsp3) is 0.600. The minimum absolute atomic E-state index is 0.110. The van der Waals surface area contributed by atoms with E-state index in [4.69, 9.17) is 0 Å². The van der Waals surface area contributed by atoms with Crippen LogP contribution in [-0.2, 0) is 0 Å². The highest BCUT2D eigenvalue weighted by atomic mass is 16.6. The lowest BCUT2D eigenvalue weighted by Crippen LogP contribution is -2.20. The van der Waals surface area contributed by atoms with E-state index in [9.17, 15) is 15.2 Å². The number of aliphatic hydroxyl groups is 1. The lowest BCUT2D eigenvalue weighted by Gasteiger charge is -2.11. The van der Waals surface area contributed by atoms with Gasteiger partial charge < -0.3 is 15.7 Å². The van der Waals surface area contributed by atoms with E-state index in [0.29, 0.717) is 18.9 Å². The minimum atomic E-state index is -0.567. The van der Waals surface area contributed by atoms with Gasteiger partial charge in [0.15, 0.2) is 0 Å². The fourth-order valence-corrected chi connectivity index (χ4v) is 1.24. The van der Waals surface area contributed by atoms with Crippen LogP contribution >= 0.6 is 0 Å². The molecule has 1 atom stereocenters. The van der Waals surface area contributed by atoms with Gasteiger partial charge in [-0.3, -0.25) is 10.1 Å². The van der Waals surface area contributed by atoms with Crippen molar-refractivity contribution in [2.24, 2.45) is 0 Å². The zero-order valence-electron chi connectivity index (χ0n) is 10.4. The van der Waals surface area contributed by atoms with Crippen molar-refractivity contribution in [2.75, 3.05) is 23.7 Å². The first-order valence-electron chi connectivity index (χ1n) is 5.75. The zero-order valence-corrected chi connectivity index (χ0v) is 10.4. The number of nitrogens with zero attached hydrogens (tertiary/aromatic N) is 3. The maximum Gasteiger partial charge on any atom is 0.329 e. The number of nitro groups is 1. The molecule has 0 spiro atoms. The van der Waals surface area contributed by atoms with Crippen LogP contribution in [-0.4, -0.2) is 39.2 Å². The summed E-state index contributed by atoms with van der Waals surface area (Å²) in [5, 5.41) is 25.9. The largest absolute Gasteiger partial charge is 0.391 e. The number of rotatable bonds is 7. The maximum atomic E-state index is 10.8. The number of hydrogen-bond acceptors (Lipinski definition) is 7. The van der Waals surface area contributed by atoms with Gasteiger partial charge in [-0.15, -0.1) is 0 Å². The number of aliphatic hydroxyl groups excluding tert-OH is 1. The van der Waals surface area contributed by atoms with Gasteiger partial charge in [0.05, 0.1) is 11.0 Å². The van der Waals surface area contributed by atoms with Crippen LogP contribution in [0.25, 0.3) is 0 Å². The summed E-state index contributed by atoms with van der Waals surface area (Å²) in [6, 6.07) is 0. The van der Waals surface area contributed by atoms with E-state index in [1.165, 1.54) is 0 Å². The van der Waals surface area contributed by atoms with E-state index < -0.39 is 11.0 Å². The molecule has 0 aliphatic rings. The SMILES string of the molecule is CCNc1ncc([N+](=O)[O-])c(NCC(O)CC)n1. The average Bonchev–Trinajstić information content (AvgIpc) is 2.36. The highest BCUT2D eigenvalue weighted by molar-refractivity contribution is 5.56. The van der Waals surface area contributed by atoms with Gasteiger partial charge in [0.25, 0.3) is 0 Å². The Morgan fingerprint density at radius 3 is 2.78 bits per heavy atom. The zero-order chi connectivity index (χ0) is 13.5. The molecule has 8 heteroatoms. The van der Waals surface area contributed by atoms with E-state index in [-0.39, 0.29) is 18.1 Å². The van der Waals surface area contributed by atoms with Gasteiger partial charge in [-0.2, -0.15) is 4.98 Å². The van der Waals surface area contributed by atoms with Crippen molar-refractivity contribution < 1.29 is 10.0 Å². The molecule has 0 aromatic carbocycles. The quantitative estimate of drug-likeness (QED) is 0.492. The number of anilines is 2. The summed E-state index contributed by atoms with van der Waals surface area (Å²) in [6.45, 7) is 4.53. The monoisotopic (exact) mass is 255 g/mol. The highest BCUT2D eigenvalue weighted by Crippen LogP contribution is 2.21. The summed E-state index contributed by atoms with van der Waals surface area (Å²) in [4.78, 5) is 18.1. The molecule has 0 aliphatic carbocycles. The van der Waals surface area contributed by atoms with Gasteiger partial charge >= 0.3 is 5.69 Å². The summed E-state index contributed by atoms with van der Waals surface area (Å²) >= 11 is 0. The van der Waals surface area contributed by atoms with E-state index in [1.807, 2.05) is 13.8 Å². The van der Waals surface area contributed by atoms with E-state index in [0.717, 1.165) is 6.20 Å². The van der Waals surface area contributed by atoms with E-state index in [2.05, 4.69) is 20.6 Å². The third-order valence-electron chi connectivity index (χ3n) is 2.28. The van der Waals surface area contributed by atoms with Crippen molar-refractivity contribution in [3.8, 4) is 0 Å². The van der Waals surface area contributed by atoms with Crippen LogP contribution in [0.15, 0.2) is 6.20 Å². The van der Waals surface area contributed by atoms with Crippen molar-refractivity contribution in [2.45, 2.75) is 26.4 Å². The average molecular weight is 255 g/mol. The first kappa shape index (κ1) is 14.1. The molecule has 0 radical (unpaired) electrons. The molecule has 0 saturated carbocycles. The van der Waals surface area contributed by atoms with Gasteiger partial charge in [-0.1, -0.05) is 6.92 Å². The lowest BCUT2D eigenvalue weighted by molar-refractivity contribution is -0.384. The summed E-state index contributed by atoms with van der Waals surface area (Å²) < 4.78 is 0. The minimum Gasteiger partial charge on any atom is -0.391 e. The van der Waals surface area contributed by atoms with Crippen molar-refractivity contribution in [3.05, 3.63) is 16.3 Å². The number of hydrogen-bond donors (Lipinski definition) is 3. The molecule has 1 rings (SSSR count). The second-order valence-electron chi connectivity index (χ2n) is 3.66. The Kier molecular flexibility index (Phi) is 5.25. The van der Waals surface area contributed by atoms with Crippen LogP contribution in [0.4, 0.5) is 17.5 Å². The summed E-state index contributed by atoms with van der Waals surface area (Å²) in [5.74, 6) is 0.426. The van der Waals surface area contributed by atoms with Crippen LogP contribution in [0, 0.1) is 10.1 Å². The summed E-state index contributed by atoms with van der Waals surface area (Å²) in [7, 11) is 0. The molecule has 3 N–H and O–H groups in total. The Bertz CT molecular complexity index is 412. The van der Waals surface area contributed by atoms with Gasteiger partial charge in [0, 0.05) is 13.1 Å². The van der Waals surface area contributed by atoms with Crippen molar-refractivity contribution in [1.82, 2.24) is 9.97 Å². The van der Waals surface area contributed by atoms with Crippen LogP contribution < -0.4 is 10.6 Å². The van der Waals surface area contributed by atoms with E-state index >= 15 is 0 Å². The van der Waals surface area contributed by atoms with E-state index in [1.54, 1.807) is 0 Å². The third-order valence-corrected chi connectivity index (χ3v) is 2.28. The van der Waals surface area contributed by atoms with Crippen molar-refractivity contribution >= 4 is 17.5 Å². The highest BCUT2D eigenvalue weighted by Gasteiger charge is 2.17. The summed E-state index contributed by atoms with van der Waals surface area (Å²) in [5.41, 5.74) is -0.208. The normalized spacial score (nSPS) is 11.9. The molecule has 1 aromatic rings.